The SMILES string of the molecule is Cc1cc(C)cc(CC(=O)C2CC3CCCCC3N2)c1. The Morgan fingerprint density at radius 3 is 2.55 bits per heavy atom. The summed E-state index contributed by atoms with van der Waals surface area (Å²) in [4.78, 5) is 12.5. The maximum absolute atomic E-state index is 12.5. The molecule has 3 unspecified atom stereocenters. The number of hydrogen-bond donors (Lipinski definition) is 1. The standard InChI is InChI=1S/C18H25NO/c1-12-7-13(2)9-14(8-12)10-18(20)17-11-15-5-3-4-6-16(15)19-17/h7-9,15-17,19H,3-6,10-11H2,1-2H3. The van der Waals surface area contributed by atoms with Gasteiger partial charge in [-0.1, -0.05) is 42.2 Å². The van der Waals surface area contributed by atoms with E-state index in [0.717, 1.165) is 12.3 Å². The Labute approximate surface area is 122 Å². The molecule has 2 fully saturated rings. The molecule has 0 bridgehead atoms. The van der Waals surface area contributed by atoms with Crippen molar-refractivity contribution in [3.63, 3.8) is 0 Å². The van der Waals surface area contributed by atoms with Crippen molar-refractivity contribution in [2.45, 2.75) is 64.5 Å². The van der Waals surface area contributed by atoms with Crippen molar-refractivity contribution in [2.24, 2.45) is 5.92 Å². The van der Waals surface area contributed by atoms with Crippen LogP contribution in [0.3, 0.4) is 0 Å². The van der Waals surface area contributed by atoms with Gasteiger partial charge >= 0.3 is 0 Å². The fraction of sp³-hybridized carbons (Fsp3) is 0.611. The lowest BCUT2D eigenvalue weighted by molar-refractivity contribution is -0.120. The number of nitrogens with one attached hydrogen (secondary N) is 1. The predicted molar refractivity (Wildman–Crippen MR) is 81.9 cm³/mol. The highest BCUT2D eigenvalue weighted by molar-refractivity contribution is 5.86. The number of hydrogen-bond acceptors (Lipinski definition) is 2. The topological polar surface area (TPSA) is 29.1 Å². The number of Topliss-reactive ketones (excluding diaryl/α,β-unsaturated/α-hetero) is 1. The first-order valence-corrected chi connectivity index (χ1v) is 7.98. The minimum absolute atomic E-state index is 0.101. The largest absolute Gasteiger partial charge is 0.304 e. The second kappa shape index (κ2) is 5.69. The van der Waals surface area contributed by atoms with Crippen LogP contribution < -0.4 is 5.32 Å². The summed E-state index contributed by atoms with van der Waals surface area (Å²) in [5.41, 5.74) is 3.67. The van der Waals surface area contributed by atoms with Gasteiger partial charge in [0.05, 0.1) is 6.04 Å². The van der Waals surface area contributed by atoms with Gasteiger partial charge in [0.15, 0.2) is 5.78 Å². The molecule has 0 spiro atoms. The number of carbonyl (C=O) groups excluding carboxylic acids is 1. The van der Waals surface area contributed by atoms with Gasteiger partial charge in [-0.25, -0.2) is 0 Å². The Morgan fingerprint density at radius 1 is 1.15 bits per heavy atom. The van der Waals surface area contributed by atoms with E-state index in [9.17, 15) is 4.79 Å². The number of rotatable bonds is 3. The first-order valence-electron chi connectivity index (χ1n) is 7.98. The van der Waals surface area contributed by atoms with Crippen LogP contribution >= 0.6 is 0 Å². The van der Waals surface area contributed by atoms with E-state index in [1.54, 1.807) is 0 Å². The van der Waals surface area contributed by atoms with Crippen molar-refractivity contribution < 1.29 is 4.79 Å². The molecule has 1 heterocycles. The quantitative estimate of drug-likeness (QED) is 0.913. The van der Waals surface area contributed by atoms with Crippen molar-refractivity contribution in [1.82, 2.24) is 5.32 Å². The number of ketones is 1. The summed E-state index contributed by atoms with van der Waals surface area (Å²) in [6, 6.07) is 7.16. The van der Waals surface area contributed by atoms with Gasteiger partial charge in [-0.2, -0.15) is 0 Å². The lowest BCUT2D eigenvalue weighted by Crippen LogP contribution is -2.37. The molecule has 2 heteroatoms. The van der Waals surface area contributed by atoms with Crippen LogP contribution in [-0.2, 0) is 11.2 Å². The van der Waals surface area contributed by atoms with Gasteiger partial charge < -0.3 is 5.32 Å². The molecular weight excluding hydrogens is 246 g/mol. The summed E-state index contributed by atoms with van der Waals surface area (Å²) in [6.45, 7) is 4.20. The minimum atomic E-state index is 0.101. The molecule has 3 atom stereocenters. The molecule has 0 radical (unpaired) electrons. The molecule has 3 rings (SSSR count). The Balaban J connectivity index is 1.64. The van der Waals surface area contributed by atoms with Gasteiger partial charge in [0.2, 0.25) is 0 Å². The molecule has 1 aromatic carbocycles. The van der Waals surface area contributed by atoms with Crippen LogP contribution in [0.5, 0.6) is 0 Å². The van der Waals surface area contributed by atoms with Crippen molar-refractivity contribution in [2.75, 3.05) is 0 Å². The van der Waals surface area contributed by atoms with Gasteiger partial charge in [0.1, 0.15) is 0 Å². The van der Waals surface area contributed by atoms with Crippen LogP contribution in [0.1, 0.15) is 48.8 Å². The van der Waals surface area contributed by atoms with E-state index in [2.05, 4.69) is 37.4 Å². The van der Waals surface area contributed by atoms with Gasteiger partial charge in [-0.05, 0) is 44.6 Å². The second-order valence-electron chi connectivity index (χ2n) is 6.75. The fourth-order valence-corrected chi connectivity index (χ4v) is 4.06. The van der Waals surface area contributed by atoms with E-state index in [4.69, 9.17) is 0 Å². The van der Waals surface area contributed by atoms with E-state index in [-0.39, 0.29) is 6.04 Å². The predicted octanol–water partition coefficient (Wildman–Crippen LogP) is 3.34. The zero-order chi connectivity index (χ0) is 14.1. The molecule has 0 aromatic heterocycles. The zero-order valence-corrected chi connectivity index (χ0v) is 12.6. The number of fused-ring (bicyclic) bond motifs is 1. The third-order valence-electron chi connectivity index (χ3n) is 4.91. The van der Waals surface area contributed by atoms with Crippen molar-refractivity contribution in [3.8, 4) is 0 Å². The lowest BCUT2D eigenvalue weighted by atomic mass is 9.84. The first kappa shape index (κ1) is 13.8. The van der Waals surface area contributed by atoms with Crippen molar-refractivity contribution in [3.05, 3.63) is 34.9 Å². The normalized spacial score (nSPS) is 29.2. The number of benzene rings is 1. The monoisotopic (exact) mass is 271 g/mol. The zero-order valence-electron chi connectivity index (χ0n) is 12.6. The molecule has 1 aliphatic carbocycles. The second-order valence-corrected chi connectivity index (χ2v) is 6.75. The van der Waals surface area contributed by atoms with Crippen molar-refractivity contribution >= 4 is 5.78 Å². The van der Waals surface area contributed by atoms with Gasteiger partial charge in [-0.3, -0.25) is 4.79 Å². The molecule has 1 saturated carbocycles. The summed E-state index contributed by atoms with van der Waals surface area (Å²) in [5, 5.41) is 3.59. The molecular formula is C18H25NO. The summed E-state index contributed by atoms with van der Waals surface area (Å²) in [6.07, 6.45) is 6.89. The third-order valence-corrected chi connectivity index (χ3v) is 4.91. The average molecular weight is 271 g/mol. The maximum atomic E-state index is 12.5. The van der Waals surface area contributed by atoms with Crippen LogP contribution in [0, 0.1) is 19.8 Å². The first-order chi connectivity index (χ1) is 9.61. The highest BCUT2D eigenvalue weighted by Crippen LogP contribution is 2.33. The van der Waals surface area contributed by atoms with E-state index in [0.29, 0.717) is 18.2 Å². The van der Waals surface area contributed by atoms with Crippen LogP contribution in [0.15, 0.2) is 18.2 Å². The highest BCUT2D eigenvalue weighted by Gasteiger charge is 2.37. The summed E-state index contributed by atoms with van der Waals surface area (Å²) in [7, 11) is 0. The molecule has 2 aliphatic rings. The molecule has 20 heavy (non-hydrogen) atoms. The molecule has 2 nitrogen and oxygen atoms in total. The fourth-order valence-electron chi connectivity index (χ4n) is 4.06. The minimum Gasteiger partial charge on any atom is -0.304 e. The smallest absolute Gasteiger partial charge is 0.154 e. The molecule has 1 aliphatic heterocycles. The molecule has 108 valence electrons. The third kappa shape index (κ3) is 2.95. The summed E-state index contributed by atoms with van der Waals surface area (Å²) in [5.74, 6) is 1.13. The lowest BCUT2D eigenvalue weighted by Gasteiger charge is -2.24. The van der Waals surface area contributed by atoms with Crippen molar-refractivity contribution in [1.29, 1.82) is 0 Å². The molecule has 0 amide bonds. The Kier molecular flexibility index (Phi) is 3.93. The van der Waals surface area contributed by atoms with Gasteiger partial charge in [0, 0.05) is 12.5 Å². The van der Waals surface area contributed by atoms with E-state index in [1.165, 1.54) is 42.4 Å². The molecule has 1 saturated heterocycles. The van der Waals surface area contributed by atoms with Gasteiger partial charge in [-0.15, -0.1) is 0 Å². The van der Waals surface area contributed by atoms with E-state index >= 15 is 0 Å². The highest BCUT2D eigenvalue weighted by atomic mass is 16.1. The van der Waals surface area contributed by atoms with Crippen LogP contribution in [0.25, 0.3) is 0 Å². The van der Waals surface area contributed by atoms with E-state index < -0.39 is 0 Å². The van der Waals surface area contributed by atoms with Crippen LogP contribution in [0.2, 0.25) is 0 Å². The average Bonchev–Trinajstić information content (AvgIpc) is 2.81. The van der Waals surface area contributed by atoms with Crippen LogP contribution in [-0.4, -0.2) is 17.9 Å². The Hall–Kier alpha value is -1.15. The Morgan fingerprint density at radius 2 is 1.85 bits per heavy atom. The van der Waals surface area contributed by atoms with Crippen LogP contribution in [0.4, 0.5) is 0 Å². The van der Waals surface area contributed by atoms with Gasteiger partial charge in [0.25, 0.3) is 0 Å². The summed E-state index contributed by atoms with van der Waals surface area (Å²) >= 11 is 0. The van der Waals surface area contributed by atoms with E-state index in [1.807, 2.05) is 0 Å². The number of carbonyl (C=O) groups is 1. The molecule has 1 N–H and O–H groups in total. The maximum Gasteiger partial charge on any atom is 0.154 e. The number of aryl methyl sites for hydroxylation is 2. The summed E-state index contributed by atoms with van der Waals surface area (Å²) < 4.78 is 0. The molecule has 1 aromatic rings. The Bertz CT molecular complexity index is 474.